The fraction of sp³-hybridized carbons (Fsp3) is 0.929. The number of likely N-dealkylation sites (N-methyl/N-ethyl adjacent to an activating group) is 1. The van der Waals surface area contributed by atoms with Gasteiger partial charge in [0.05, 0.1) is 6.54 Å². The van der Waals surface area contributed by atoms with Crippen molar-refractivity contribution < 1.29 is 4.79 Å². The van der Waals surface area contributed by atoms with Gasteiger partial charge in [0, 0.05) is 5.41 Å². The fourth-order valence-electron chi connectivity index (χ4n) is 1.90. The lowest BCUT2D eigenvalue weighted by atomic mass is 9.74. The summed E-state index contributed by atoms with van der Waals surface area (Å²) >= 11 is 0. The van der Waals surface area contributed by atoms with Crippen LogP contribution in [0.2, 0.25) is 0 Å². The van der Waals surface area contributed by atoms with Gasteiger partial charge in [-0.3, -0.25) is 4.79 Å². The summed E-state index contributed by atoms with van der Waals surface area (Å²) < 4.78 is 0. The Morgan fingerprint density at radius 3 is 2.38 bits per heavy atom. The first-order chi connectivity index (χ1) is 7.46. The zero-order chi connectivity index (χ0) is 12.6. The van der Waals surface area contributed by atoms with Gasteiger partial charge in [0.15, 0.2) is 5.78 Å². The number of hydrogen-bond donors (Lipinski definition) is 1. The molecule has 0 saturated heterocycles. The predicted octanol–water partition coefficient (Wildman–Crippen LogP) is 3.41. The van der Waals surface area contributed by atoms with Gasteiger partial charge >= 0.3 is 0 Å². The van der Waals surface area contributed by atoms with Crippen LogP contribution in [0.15, 0.2) is 0 Å². The molecule has 0 aliphatic rings. The summed E-state index contributed by atoms with van der Waals surface area (Å²) in [6, 6.07) is 0. The molecule has 0 aromatic carbocycles. The van der Waals surface area contributed by atoms with E-state index in [1.807, 2.05) is 7.05 Å². The van der Waals surface area contributed by atoms with Crippen molar-refractivity contribution >= 4 is 5.78 Å². The van der Waals surface area contributed by atoms with Gasteiger partial charge in [0.2, 0.25) is 0 Å². The van der Waals surface area contributed by atoms with E-state index < -0.39 is 0 Å². The van der Waals surface area contributed by atoms with Crippen molar-refractivity contribution in [2.45, 2.75) is 59.8 Å². The van der Waals surface area contributed by atoms with E-state index in [1.54, 1.807) is 0 Å². The number of carbonyl (C=O) groups excluding carboxylic acids is 1. The average Bonchev–Trinajstić information content (AvgIpc) is 2.24. The highest BCUT2D eigenvalue weighted by atomic mass is 16.1. The molecule has 2 nitrogen and oxygen atoms in total. The Balaban J connectivity index is 4.03. The van der Waals surface area contributed by atoms with E-state index in [4.69, 9.17) is 0 Å². The van der Waals surface area contributed by atoms with Gasteiger partial charge in [-0.05, 0) is 19.4 Å². The van der Waals surface area contributed by atoms with Crippen LogP contribution in [-0.4, -0.2) is 19.4 Å². The SMILES string of the molecule is CCCCCCC(C)C(C)(C)C(=O)CNC. The summed E-state index contributed by atoms with van der Waals surface area (Å²) in [5.74, 6) is 0.809. The van der Waals surface area contributed by atoms with E-state index in [1.165, 1.54) is 32.1 Å². The van der Waals surface area contributed by atoms with Crippen LogP contribution in [0.5, 0.6) is 0 Å². The molecule has 2 heteroatoms. The summed E-state index contributed by atoms with van der Waals surface area (Å²) in [5, 5.41) is 2.96. The number of ketones is 1. The number of hydrogen-bond acceptors (Lipinski definition) is 2. The molecule has 16 heavy (non-hydrogen) atoms. The van der Waals surface area contributed by atoms with E-state index >= 15 is 0 Å². The minimum atomic E-state index is -0.185. The van der Waals surface area contributed by atoms with Crippen LogP contribution in [-0.2, 0) is 4.79 Å². The largest absolute Gasteiger partial charge is 0.313 e. The lowest BCUT2D eigenvalue weighted by Crippen LogP contribution is -2.37. The average molecular weight is 227 g/mol. The van der Waals surface area contributed by atoms with Crippen molar-refractivity contribution in [2.24, 2.45) is 11.3 Å². The summed E-state index contributed by atoms with van der Waals surface area (Å²) in [6.07, 6.45) is 6.32. The Morgan fingerprint density at radius 1 is 1.25 bits per heavy atom. The first kappa shape index (κ1) is 15.6. The van der Waals surface area contributed by atoms with Crippen LogP contribution in [0, 0.1) is 11.3 Å². The maximum atomic E-state index is 11.9. The minimum Gasteiger partial charge on any atom is -0.313 e. The third-order valence-electron chi connectivity index (χ3n) is 3.78. The molecule has 96 valence electrons. The van der Waals surface area contributed by atoms with Crippen molar-refractivity contribution in [3.63, 3.8) is 0 Å². The fourth-order valence-corrected chi connectivity index (χ4v) is 1.90. The second kappa shape index (κ2) is 7.83. The topological polar surface area (TPSA) is 29.1 Å². The van der Waals surface area contributed by atoms with E-state index in [-0.39, 0.29) is 5.41 Å². The highest BCUT2D eigenvalue weighted by Crippen LogP contribution is 2.31. The predicted molar refractivity (Wildman–Crippen MR) is 70.6 cm³/mol. The summed E-state index contributed by atoms with van der Waals surface area (Å²) in [5.41, 5.74) is -0.185. The molecule has 0 amide bonds. The lowest BCUT2D eigenvalue weighted by Gasteiger charge is -2.30. The maximum absolute atomic E-state index is 11.9. The van der Waals surface area contributed by atoms with E-state index in [0.29, 0.717) is 18.2 Å². The van der Waals surface area contributed by atoms with Crippen LogP contribution < -0.4 is 5.32 Å². The molecule has 0 radical (unpaired) electrons. The summed E-state index contributed by atoms with van der Waals surface area (Å²) in [6.45, 7) is 9.09. The molecule has 0 rings (SSSR count). The quantitative estimate of drug-likeness (QED) is 0.612. The molecule has 0 aromatic rings. The smallest absolute Gasteiger partial charge is 0.152 e. The molecule has 0 aliphatic carbocycles. The van der Waals surface area contributed by atoms with Crippen LogP contribution in [0.3, 0.4) is 0 Å². The Morgan fingerprint density at radius 2 is 1.88 bits per heavy atom. The molecule has 0 saturated carbocycles. The number of carbonyl (C=O) groups is 1. The van der Waals surface area contributed by atoms with Crippen molar-refractivity contribution in [3.05, 3.63) is 0 Å². The molecule has 1 atom stereocenters. The second-order valence-corrected chi connectivity index (χ2v) is 5.43. The molecular weight excluding hydrogens is 198 g/mol. The molecule has 0 bridgehead atoms. The number of Topliss-reactive ketones (excluding diaryl/α,β-unsaturated/α-hetero) is 1. The number of unbranched alkanes of at least 4 members (excludes halogenated alkanes) is 3. The van der Waals surface area contributed by atoms with Crippen molar-refractivity contribution in [1.82, 2.24) is 5.32 Å². The number of nitrogens with one attached hydrogen (secondary N) is 1. The van der Waals surface area contributed by atoms with Gasteiger partial charge in [-0.2, -0.15) is 0 Å². The molecule has 0 fully saturated rings. The Labute approximate surface area is 101 Å². The van der Waals surface area contributed by atoms with Gasteiger partial charge in [-0.1, -0.05) is 53.4 Å². The summed E-state index contributed by atoms with van der Waals surface area (Å²) in [7, 11) is 1.83. The number of rotatable bonds is 9. The van der Waals surface area contributed by atoms with Gasteiger partial charge in [0.25, 0.3) is 0 Å². The van der Waals surface area contributed by atoms with Gasteiger partial charge in [-0.15, -0.1) is 0 Å². The normalized spacial score (nSPS) is 13.8. The monoisotopic (exact) mass is 227 g/mol. The molecule has 0 aliphatic heterocycles. The summed E-state index contributed by atoms with van der Waals surface area (Å²) in [4.78, 5) is 11.9. The third kappa shape index (κ3) is 5.11. The Bertz CT molecular complexity index is 199. The van der Waals surface area contributed by atoms with Gasteiger partial charge in [-0.25, -0.2) is 0 Å². The molecule has 1 N–H and O–H groups in total. The van der Waals surface area contributed by atoms with E-state index in [0.717, 1.165) is 0 Å². The van der Waals surface area contributed by atoms with Crippen molar-refractivity contribution in [3.8, 4) is 0 Å². The molecular formula is C14H29NO. The standard InChI is InChI=1S/C14H29NO/c1-6-7-8-9-10-12(2)14(3,4)13(16)11-15-5/h12,15H,6-11H2,1-5H3. The molecule has 0 heterocycles. The highest BCUT2D eigenvalue weighted by Gasteiger charge is 2.32. The van der Waals surface area contributed by atoms with Crippen LogP contribution in [0.1, 0.15) is 59.8 Å². The molecule has 0 aromatic heterocycles. The Hall–Kier alpha value is -0.370. The second-order valence-electron chi connectivity index (χ2n) is 5.43. The van der Waals surface area contributed by atoms with Gasteiger partial charge in [0.1, 0.15) is 0 Å². The first-order valence-electron chi connectivity index (χ1n) is 6.64. The minimum absolute atomic E-state index is 0.185. The van der Waals surface area contributed by atoms with Crippen LogP contribution in [0.4, 0.5) is 0 Å². The van der Waals surface area contributed by atoms with Gasteiger partial charge < -0.3 is 5.32 Å². The van der Waals surface area contributed by atoms with Crippen molar-refractivity contribution in [1.29, 1.82) is 0 Å². The first-order valence-corrected chi connectivity index (χ1v) is 6.64. The molecule has 1 unspecified atom stereocenters. The molecule has 0 spiro atoms. The maximum Gasteiger partial charge on any atom is 0.152 e. The van der Waals surface area contributed by atoms with E-state index in [2.05, 4.69) is 33.0 Å². The highest BCUT2D eigenvalue weighted by molar-refractivity contribution is 5.86. The van der Waals surface area contributed by atoms with E-state index in [9.17, 15) is 4.79 Å². The Kier molecular flexibility index (Phi) is 7.65. The van der Waals surface area contributed by atoms with Crippen molar-refractivity contribution in [2.75, 3.05) is 13.6 Å². The van der Waals surface area contributed by atoms with Crippen LogP contribution >= 0.6 is 0 Å². The van der Waals surface area contributed by atoms with Crippen LogP contribution in [0.25, 0.3) is 0 Å². The lowest BCUT2D eigenvalue weighted by molar-refractivity contribution is -0.128. The zero-order valence-corrected chi connectivity index (χ0v) is 11.7. The zero-order valence-electron chi connectivity index (χ0n) is 11.7. The third-order valence-corrected chi connectivity index (χ3v) is 3.78.